The van der Waals surface area contributed by atoms with Crippen molar-refractivity contribution in [1.82, 2.24) is 0 Å². The fourth-order valence-corrected chi connectivity index (χ4v) is 1.72. The van der Waals surface area contributed by atoms with Crippen molar-refractivity contribution in [3.05, 3.63) is 23.8 Å². The fraction of sp³-hybridized carbons (Fsp3) is 0. The smallest absolute Gasteiger partial charge is 0.264 e. The Morgan fingerprint density at radius 3 is 2.46 bits per heavy atom. The third-order valence-corrected chi connectivity index (χ3v) is 2.72. The predicted octanol–water partition coefficient (Wildman–Crippen LogP) is 1.19. The summed E-state index contributed by atoms with van der Waals surface area (Å²) in [7, 11) is 1.04. The number of phenolic OH excluding ortho intramolecular Hbond substituents is 1. The minimum atomic E-state index is -3.95. The highest BCUT2D eigenvalue weighted by atomic mass is 35.7. The van der Waals surface area contributed by atoms with Gasteiger partial charge in [-0.05, 0) is 18.2 Å². The molecule has 0 aromatic heterocycles. The normalized spacial score (nSPS) is 10.8. The first kappa shape index (κ1) is 9.84. The van der Waals surface area contributed by atoms with E-state index in [0.717, 1.165) is 12.1 Å². The molecule has 1 aromatic rings. The number of nitriles is 1. The van der Waals surface area contributed by atoms with Gasteiger partial charge < -0.3 is 5.11 Å². The molecule has 4 nitrogen and oxygen atoms in total. The Bertz CT molecular complexity index is 475. The van der Waals surface area contributed by atoms with Gasteiger partial charge in [-0.1, -0.05) is 0 Å². The van der Waals surface area contributed by atoms with Crippen LogP contribution in [0, 0.1) is 11.3 Å². The Hall–Kier alpha value is -1.25. The Labute approximate surface area is 79.4 Å². The Morgan fingerprint density at radius 2 is 2.08 bits per heavy atom. The molecule has 0 spiro atoms. The van der Waals surface area contributed by atoms with Gasteiger partial charge >= 0.3 is 0 Å². The van der Waals surface area contributed by atoms with Crippen molar-refractivity contribution in [1.29, 1.82) is 5.26 Å². The molecule has 6 heteroatoms. The van der Waals surface area contributed by atoms with Gasteiger partial charge in [0.2, 0.25) is 0 Å². The van der Waals surface area contributed by atoms with Crippen LogP contribution in [0.5, 0.6) is 5.75 Å². The molecular weight excluding hydrogens is 214 g/mol. The minimum Gasteiger partial charge on any atom is -0.506 e. The zero-order chi connectivity index (χ0) is 10.1. The summed E-state index contributed by atoms with van der Waals surface area (Å²) in [6.07, 6.45) is 0. The Kier molecular flexibility index (Phi) is 2.45. The summed E-state index contributed by atoms with van der Waals surface area (Å²) in [5.41, 5.74) is 0.168. The van der Waals surface area contributed by atoms with Crippen LogP contribution in [0.4, 0.5) is 0 Å². The molecule has 0 aliphatic carbocycles. The maximum absolute atomic E-state index is 10.8. The van der Waals surface area contributed by atoms with Crippen molar-refractivity contribution in [2.75, 3.05) is 0 Å². The van der Waals surface area contributed by atoms with E-state index in [0.29, 0.717) is 0 Å². The van der Waals surface area contributed by atoms with Crippen LogP contribution in [0.2, 0.25) is 0 Å². The lowest BCUT2D eigenvalue weighted by atomic mass is 10.2. The molecule has 0 aliphatic heterocycles. The van der Waals surface area contributed by atoms with Gasteiger partial charge in [0.05, 0.1) is 11.6 Å². The molecule has 0 aliphatic rings. The summed E-state index contributed by atoms with van der Waals surface area (Å²) in [6, 6.07) is 5.12. The standard InChI is InChI=1S/C7H4ClNO3S/c8-13(11,12)7-2-1-5(4-9)3-6(7)10/h1-3,10H. The molecule has 0 unspecified atom stereocenters. The van der Waals surface area contributed by atoms with Crippen molar-refractivity contribution < 1.29 is 13.5 Å². The largest absolute Gasteiger partial charge is 0.506 e. The van der Waals surface area contributed by atoms with Gasteiger partial charge in [-0.2, -0.15) is 5.26 Å². The number of hydrogen-bond acceptors (Lipinski definition) is 4. The van der Waals surface area contributed by atoms with Crippen molar-refractivity contribution in [2.24, 2.45) is 0 Å². The molecule has 0 bridgehead atoms. The molecule has 0 radical (unpaired) electrons. The zero-order valence-electron chi connectivity index (χ0n) is 6.23. The molecule has 1 N–H and O–H groups in total. The number of rotatable bonds is 1. The number of halogens is 1. The SMILES string of the molecule is N#Cc1ccc(S(=O)(=O)Cl)c(O)c1. The van der Waals surface area contributed by atoms with Gasteiger partial charge in [0, 0.05) is 10.7 Å². The maximum Gasteiger partial charge on any atom is 0.264 e. The molecule has 0 atom stereocenters. The summed E-state index contributed by atoms with van der Waals surface area (Å²) in [5.74, 6) is -0.519. The minimum absolute atomic E-state index is 0.168. The third kappa shape index (κ3) is 2.11. The van der Waals surface area contributed by atoms with E-state index in [2.05, 4.69) is 0 Å². The molecule has 68 valence electrons. The van der Waals surface area contributed by atoms with E-state index in [4.69, 9.17) is 21.1 Å². The van der Waals surface area contributed by atoms with Crippen LogP contribution < -0.4 is 0 Å². The average molecular weight is 218 g/mol. The van der Waals surface area contributed by atoms with Crippen LogP contribution in [0.3, 0.4) is 0 Å². The number of aromatic hydroxyl groups is 1. The highest BCUT2D eigenvalue weighted by molar-refractivity contribution is 8.13. The second-order valence-electron chi connectivity index (χ2n) is 2.23. The summed E-state index contributed by atoms with van der Waals surface area (Å²) >= 11 is 0. The molecular formula is C7H4ClNO3S. The van der Waals surface area contributed by atoms with Gasteiger partial charge in [0.25, 0.3) is 9.05 Å². The highest BCUT2D eigenvalue weighted by Gasteiger charge is 2.15. The summed E-state index contributed by atoms with van der Waals surface area (Å²) in [6.45, 7) is 0. The molecule has 0 heterocycles. The maximum atomic E-state index is 10.8. The zero-order valence-corrected chi connectivity index (χ0v) is 7.80. The highest BCUT2D eigenvalue weighted by Crippen LogP contribution is 2.26. The van der Waals surface area contributed by atoms with Crippen LogP contribution in [0.1, 0.15) is 5.56 Å². The van der Waals surface area contributed by atoms with Crippen LogP contribution in [-0.4, -0.2) is 13.5 Å². The molecule has 0 fully saturated rings. The van der Waals surface area contributed by atoms with Gasteiger partial charge in [0.15, 0.2) is 0 Å². The van der Waals surface area contributed by atoms with Crippen molar-refractivity contribution >= 4 is 19.7 Å². The molecule has 0 saturated carbocycles. The van der Waals surface area contributed by atoms with Crippen LogP contribution in [0.25, 0.3) is 0 Å². The van der Waals surface area contributed by atoms with Gasteiger partial charge in [-0.15, -0.1) is 0 Å². The van der Waals surface area contributed by atoms with E-state index in [9.17, 15) is 8.42 Å². The monoisotopic (exact) mass is 217 g/mol. The Balaban J connectivity index is 3.40. The fourth-order valence-electron chi connectivity index (χ4n) is 0.793. The average Bonchev–Trinajstić information content (AvgIpc) is 2.01. The van der Waals surface area contributed by atoms with Crippen molar-refractivity contribution in [3.8, 4) is 11.8 Å². The van der Waals surface area contributed by atoms with Crippen LogP contribution in [-0.2, 0) is 9.05 Å². The Morgan fingerprint density at radius 1 is 1.46 bits per heavy atom. The van der Waals surface area contributed by atoms with E-state index in [1.165, 1.54) is 6.07 Å². The van der Waals surface area contributed by atoms with Crippen LogP contribution >= 0.6 is 10.7 Å². The predicted molar refractivity (Wildman–Crippen MR) is 45.9 cm³/mol. The van der Waals surface area contributed by atoms with E-state index >= 15 is 0 Å². The summed E-state index contributed by atoms with van der Waals surface area (Å²) in [4.78, 5) is -0.395. The number of benzene rings is 1. The second-order valence-corrected chi connectivity index (χ2v) is 4.77. The van der Waals surface area contributed by atoms with Gasteiger partial charge in [0.1, 0.15) is 10.6 Å². The van der Waals surface area contributed by atoms with Crippen molar-refractivity contribution in [2.45, 2.75) is 4.90 Å². The van der Waals surface area contributed by atoms with Crippen LogP contribution in [0.15, 0.2) is 23.1 Å². The first-order valence-electron chi connectivity index (χ1n) is 3.13. The van der Waals surface area contributed by atoms with E-state index in [1.807, 2.05) is 0 Å². The number of hydrogen-bond donors (Lipinski definition) is 1. The third-order valence-electron chi connectivity index (χ3n) is 1.35. The molecule has 0 amide bonds. The first-order valence-corrected chi connectivity index (χ1v) is 5.44. The van der Waals surface area contributed by atoms with E-state index in [1.54, 1.807) is 6.07 Å². The van der Waals surface area contributed by atoms with Gasteiger partial charge in [-0.3, -0.25) is 0 Å². The number of phenols is 1. The summed E-state index contributed by atoms with van der Waals surface area (Å²) < 4.78 is 21.6. The van der Waals surface area contributed by atoms with E-state index in [-0.39, 0.29) is 5.56 Å². The van der Waals surface area contributed by atoms with Gasteiger partial charge in [-0.25, -0.2) is 8.42 Å². The molecule has 13 heavy (non-hydrogen) atoms. The summed E-state index contributed by atoms with van der Waals surface area (Å²) in [5, 5.41) is 17.6. The van der Waals surface area contributed by atoms with E-state index < -0.39 is 19.7 Å². The quantitative estimate of drug-likeness (QED) is 0.717. The molecule has 1 rings (SSSR count). The molecule has 1 aromatic carbocycles. The topological polar surface area (TPSA) is 78.2 Å². The molecule has 0 saturated heterocycles. The van der Waals surface area contributed by atoms with Crippen molar-refractivity contribution in [3.63, 3.8) is 0 Å². The first-order chi connectivity index (χ1) is 5.95. The lowest BCUT2D eigenvalue weighted by molar-refractivity contribution is 0.459. The lowest BCUT2D eigenvalue weighted by Gasteiger charge is -1.99. The lowest BCUT2D eigenvalue weighted by Crippen LogP contribution is -1.91. The second kappa shape index (κ2) is 3.24. The number of nitrogens with zero attached hydrogens (tertiary/aromatic N) is 1.